The maximum absolute atomic E-state index is 12.8. The van der Waals surface area contributed by atoms with E-state index in [0.717, 1.165) is 24.1 Å². The summed E-state index contributed by atoms with van der Waals surface area (Å²) in [7, 11) is 0. The molecule has 1 fully saturated rings. The Labute approximate surface area is 231 Å². The molecule has 0 saturated carbocycles. The number of nitrogens with one attached hydrogen (secondary N) is 1. The number of rotatable bonds is 12. The summed E-state index contributed by atoms with van der Waals surface area (Å²) in [5, 5.41) is 23.5. The number of anilines is 3. The summed E-state index contributed by atoms with van der Waals surface area (Å²) in [5.41, 5.74) is 1.62. The van der Waals surface area contributed by atoms with E-state index in [1.165, 1.54) is 12.1 Å². The molecule has 3 N–H and O–H groups in total. The molecule has 1 aliphatic rings. The van der Waals surface area contributed by atoms with Gasteiger partial charge < -0.3 is 29.9 Å². The second-order valence-electron chi connectivity index (χ2n) is 10.4. The van der Waals surface area contributed by atoms with Crippen molar-refractivity contribution >= 4 is 34.6 Å². The van der Waals surface area contributed by atoms with Crippen molar-refractivity contribution in [1.29, 1.82) is 0 Å². The van der Waals surface area contributed by atoms with Crippen molar-refractivity contribution in [3.63, 3.8) is 0 Å². The van der Waals surface area contributed by atoms with E-state index in [2.05, 4.69) is 10.2 Å². The van der Waals surface area contributed by atoms with Crippen molar-refractivity contribution in [1.82, 2.24) is 0 Å². The molecule has 2 aromatic carbocycles. The predicted octanol–water partition coefficient (Wildman–Crippen LogP) is 6.75. The molecule has 0 radical (unpaired) electrons. The summed E-state index contributed by atoms with van der Waals surface area (Å²) < 4.78 is 48.7. The zero-order chi connectivity index (χ0) is 28.8. The Hall–Kier alpha value is -2.69. The molecule has 0 amide bonds. The van der Waals surface area contributed by atoms with Gasteiger partial charge in [0.15, 0.2) is 6.61 Å². The minimum atomic E-state index is -4.52. The third-order valence-corrected chi connectivity index (χ3v) is 6.82. The van der Waals surface area contributed by atoms with E-state index >= 15 is 0 Å². The highest BCUT2D eigenvalue weighted by Crippen LogP contribution is 2.38. The molecule has 39 heavy (non-hydrogen) atoms. The number of hydrogen-bond acceptors (Lipinski definition) is 6. The number of aliphatic hydroxyl groups is 1. The molecule has 2 aromatic rings. The van der Waals surface area contributed by atoms with E-state index in [9.17, 15) is 28.2 Å². The summed E-state index contributed by atoms with van der Waals surface area (Å²) in [5.74, 6) is -1.26. The van der Waals surface area contributed by atoms with Gasteiger partial charge in [0.1, 0.15) is 5.75 Å². The highest BCUT2D eigenvalue weighted by atomic mass is 35.5. The lowest BCUT2D eigenvalue weighted by Gasteiger charge is -2.40. The number of carboxylic acid groups (broad SMARTS) is 1. The Morgan fingerprint density at radius 3 is 2.49 bits per heavy atom. The summed E-state index contributed by atoms with van der Waals surface area (Å²) >= 11 is 6.09. The van der Waals surface area contributed by atoms with Crippen LogP contribution in [0.1, 0.15) is 57.9 Å². The normalized spacial score (nSPS) is 15.6. The smallest absolute Gasteiger partial charge is 0.422 e. The van der Waals surface area contributed by atoms with Crippen molar-refractivity contribution in [2.75, 3.05) is 36.6 Å². The minimum absolute atomic E-state index is 0.0390. The fourth-order valence-electron chi connectivity index (χ4n) is 4.70. The number of carboxylic acids is 1. The second kappa shape index (κ2) is 13.1. The summed E-state index contributed by atoms with van der Waals surface area (Å²) in [6.07, 6.45) is -2.45. The first-order valence-electron chi connectivity index (χ1n) is 12.9. The van der Waals surface area contributed by atoms with Crippen molar-refractivity contribution in [2.45, 2.75) is 70.2 Å². The van der Waals surface area contributed by atoms with Gasteiger partial charge in [-0.05, 0) is 68.9 Å². The lowest BCUT2D eigenvalue weighted by molar-refractivity contribution is -0.153. The van der Waals surface area contributed by atoms with Crippen LogP contribution in [0.25, 0.3) is 0 Å². The Morgan fingerprint density at radius 2 is 1.90 bits per heavy atom. The first kappa shape index (κ1) is 30.8. The molecule has 1 saturated heterocycles. The molecule has 0 spiro atoms. The van der Waals surface area contributed by atoms with Crippen LogP contribution in [0.5, 0.6) is 5.75 Å². The molecular weight excluding hydrogens is 537 g/mol. The van der Waals surface area contributed by atoms with Crippen LogP contribution in [-0.2, 0) is 9.53 Å². The Morgan fingerprint density at radius 1 is 1.21 bits per heavy atom. The summed E-state index contributed by atoms with van der Waals surface area (Å²) in [6, 6.07) is 10.2. The number of hydrogen-bond donors (Lipinski definition) is 3. The van der Waals surface area contributed by atoms with Crippen LogP contribution in [0.3, 0.4) is 0 Å². The summed E-state index contributed by atoms with van der Waals surface area (Å²) in [6.45, 7) is 5.38. The molecule has 11 heteroatoms. The maximum Gasteiger partial charge on any atom is 0.422 e. The van der Waals surface area contributed by atoms with Gasteiger partial charge in [0, 0.05) is 37.6 Å². The van der Waals surface area contributed by atoms with Crippen LogP contribution in [0.2, 0.25) is 5.02 Å². The lowest BCUT2D eigenvalue weighted by atomic mass is 9.92. The predicted molar refractivity (Wildman–Crippen MR) is 145 cm³/mol. The van der Waals surface area contributed by atoms with E-state index in [-0.39, 0.29) is 29.2 Å². The average Bonchev–Trinajstić information content (AvgIpc) is 2.85. The molecule has 0 aliphatic carbocycles. The quantitative estimate of drug-likeness (QED) is 0.259. The topological polar surface area (TPSA) is 91.3 Å². The lowest BCUT2D eigenvalue weighted by Crippen LogP contribution is -2.47. The molecule has 0 bridgehead atoms. The minimum Gasteiger partial charge on any atom is -0.482 e. The van der Waals surface area contributed by atoms with Crippen molar-refractivity contribution in [3.8, 4) is 5.75 Å². The number of alkyl halides is 3. The van der Waals surface area contributed by atoms with E-state index in [1.54, 1.807) is 19.9 Å². The molecule has 216 valence electrons. The van der Waals surface area contributed by atoms with Crippen molar-refractivity contribution in [3.05, 3.63) is 47.0 Å². The van der Waals surface area contributed by atoms with Gasteiger partial charge in [0.05, 0.1) is 28.4 Å². The first-order chi connectivity index (χ1) is 18.3. The van der Waals surface area contributed by atoms with Crippen molar-refractivity contribution in [2.24, 2.45) is 0 Å². The number of halogens is 4. The average molecular weight is 573 g/mol. The fraction of sp³-hybridized carbons (Fsp3) is 0.536. The van der Waals surface area contributed by atoms with Gasteiger partial charge in [-0.15, -0.1) is 0 Å². The monoisotopic (exact) mass is 572 g/mol. The van der Waals surface area contributed by atoms with Gasteiger partial charge in [-0.3, -0.25) is 4.79 Å². The van der Waals surface area contributed by atoms with Gasteiger partial charge in [-0.1, -0.05) is 24.6 Å². The standard InChI is InChI=1S/C28H36ClF3N2O5/c1-4-18(14-26(35)36)19-5-8-24(34(16-27(2,3)37)21-9-11-38-12-10-21)23(13-19)33-20-6-7-22(29)25(15-20)39-17-28(30,31)32/h5-8,13,15,18,21,33,37H,4,9-12,14,16-17H2,1-3H3,(H,35,36)/t18-/m1/s1. The molecule has 0 unspecified atom stereocenters. The van der Waals surface area contributed by atoms with Gasteiger partial charge in [-0.2, -0.15) is 13.2 Å². The third kappa shape index (κ3) is 9.47. The maximum atomic E-state index is 12.8. The molecule has 3 rings (SSSR count). The third-order valence-electron chi connectivity index (χ3n) is 6.51. The SMILES string of the molecule is CC[C@H](CC(=O)O)c1ccc(N(CC(C)(C)O)C2CCOCC2)c(Nc2ccc(Cl)c(OCC(F)(F)F)c2)c1. The zero-order valence-corrected chi connectivity index (χ0v) is 23.1. The van der Waals surface area contributed by atoms with Gasteiger partial charge in [0.25, 0.3) is 0 Å². The Kier molecular flexibility index (Phi) is 10.4. The van der Waals surface area contributed by atoms with Crippen molar-refractivity contribution < 1.29 is 37.7 Å². The molecular formula is C28H36ClF3N2O5. The Balaban J connectivity index is 2.06. The largest absolute Gasteiger partial charge is 0.482 e. The van der Waals surface area contributed by atoms with E-state index in [0.29, 0.717) is 37.6 Å². The number of ether oxygens (including phenoxy) is 2. The van der Waals surface area contributed by atoms with Crippen LogP contribution in [0.15, 0.2) is 36.4 Å². The van der Waals surface area contributed by atoms with Crippen LogP contribution in [0.4, 0.5) is 30.2 Å². The molecule has 0 aromatic heterocycles. The Bertz CT molecular complexity index is 1120. The van der Waals surface area contributed by atoms with Gasteiger partial charge >= 0.3 is 12.1 Å². The highest BCUT2D eigenvalue weighted by Gasteiger charge is 2.30. The molecule has 1 heterocycles. The number of aliphatic carboxylic acids is 1. The molecule has 1 aliphatic heterocycles. The fourth-order valence-corrected chi connectivity index (χ4v) is 4.87. The second-order valence-corrected chi connectivity index (χ2v) is 10.8. The highest BCUT2D eigenvalue weighted by molar-refractivity contribution is 6.32. The number of benzene rings is 2. The first-order valence-corrected chi connectivity index (χ1v) is 13.3. The molecule has 7 nitrogen and oxygen atoms in total. The van der Waals surface area contributed by atoms with Gasteiger partial charge in [0.2, 0.25) is 0 Å². The van der Waals surface area contributed by atoms with Crippen LogP contribution >= 0.6 is 11.6 Å². The zero-order valence-electron chi connectivity index (χ0n) is 22.4. The van der Waals surface area contributed by atoms with E-state index < -0.39 is 24.4 Å². The molecule has 1 atom stereocenters. The van der Waals surface area contributed by atoms with Gasteiger partial charge in [-0.25, -0.2) is 0 Å². The van der Waals surface area contributed by atoms with E-state index in [1.807, 2.05) is 25.1 Å². The van der Waals surface area contributed by atoms with Crippen LogP contribution in [0, 0.1) is 0 Å². The number of carbonyl (C=O) groups is 1. The number of nitrogens with zero attached hydrogens (tertiary/aromatic N) is 1. The van der Waals surface area contributed by atoms with E-state index in [4.69, 9.17) is 21.1 Å². The summed E-state index contributed by atoms with van der Waals surface area (Å²) in [4.78, 5) is 13.6. The van der Waals surface area contributed by atoms with Crippen LogP contribution in [-0.4, -0.2) is 60.4 Å². The van der Waals surface area contributed by atoms with Crippen LogP contribution < -0.4 is 15.0 Å².